The molecule has 0 bridgehead atoms. The maximum Gasteiger partial charge on any atom is 0.145 e. The average Bonchev–Trinajstić information content (AvgIpc) is 2.50. The van der Waals surface area contributed by atoms with E-state index in [0.717, 1.165) is 24.3 Å². The normalized spacial score (nSPS) is 28.5. The van der Waals surface area contributed by atoms with E-state index in [1.54, 1.807) is 6.92 Å². The Morgan fingerprint density at radius 1 is 1.57 bits per heavy atom. The van der Waals surface area contributed by atoms with E-state index in [0.29, 0.717) is 17.0 Å². The second kappa shape index (κ2) is 3.92. The first kappa shape index (κ1) is 10.0. The van der Waals surface area contributed by atoms with Crippen LogP contribution in [-0.2, 0) is 6.42 Å². The summed E-state index contributed by atoms with van der Waals surface area (Å²) in [6.07, 6.45) is 2.68. The summed E-state index contributed by atoms with van der Waals surface area (Å²) < 4.78 is 0. The van der Waals surface area contributed by atoms with Gasteiger partial charge in [0.25, 0.3) is 0 Å². The van der Waals surface area contributed by atoms with Crippen LogP contribution in [0.5, 0.6) is 0 Å². The van der Waals surface area contributed by atoms with Gasteiger partial charge in [0, 0.05) is 12.5 Å². The number of nitrogens with two attached hydrogens (primary N) is 1. The van der Waals surface area contributed by atoms with Gasteiger partial charge in [-0.15, -0.1) is 10.2 Å². The fourth-order valence-electron chi connectivity index (χ4n) is 1.72. The van der Waals surface area contributed by atoms with E-state index in [9.17, 15) is 5.11 Å². The van der Waals surface area contributed by atoms with Crippen LogP contribution in [0.3, 0.4) is 0 Å². The molecule has 1 aromatic heterocycles. The highest BCUT2D eigenvalue weighted by molar-refractivity contribution is 7.11. The summed E-state index contributed by atoms with van der Waals surface area (Å²) in [5.41, 5.74) is 5.70. The van der Waals surface area contributed by atoms with E-state index in [-0.39, 0.29) is 0 Å². The minimum Gasteiger partial charge on any atom is -0.386 e. The summed E-state index contributed by atoms with van der Waals surface area (Å²) in [4.78, 5) is 0. The summed E-state index contributed by atoms with van der Waals surface area (Å²) in [7, 11) is 0. The molecule has 0 aromatic carbocycles. The van der Waals surface area contributed by atoms with E-state index >= 15 is 0 Å². The predicted octanol–water partition coefficient (Wildman–Crippen LogP) is 0.871. The predicted molar refractivity (Wildman–Crippen MR) is 54.9 cm³/mol. The molecular formula is C9H15N3OS. The van der Waals surface area contributed by atoms with Crippen molar-refractivity contribution in [3.05, 3.63) is 10.0 Å². The fraction of sp³-hybridized carbons (Fsp3) is 0.778. The van der Waals surface area contributed by atoms with Gasteiger partial charge in [0.2, 0.25) is 0 Å². The van der Waals surface area contributed by atoms with E-state index in [1.165, 1.54) is 11.3 Å². The van der Waals surface area contributed by atoms with Crippen molar-refractivity contribution in [2.45, 2.75) is 38.3 Å². The number of hydrogen-bond donors (Lipinski definition) is 2. The summed E-state index contributed by atoms with van der Waals surface area (Å²) >= 11 is 1.51. The monoisotopic (exact) mass is 213 g/mol. The van der Waals surface area contributed by atoms with Gasteiger partial charge in [0.15, 0.2) is 0 Å². The summed E-state index contributed by atoms with van der Waals surface area (Å²) in [5, 5.41) is 19.0. The molecule has 1 aromatic rings. The molecule has 0 aliphatic heterocycles. The van der Waals surface area contributed by atoms with E-state index < -0.39 is 6.10 Å². The van der Waals surface area contributed by atoms with Crippen LogP contribution in [0, 0.1) is 5.92 Å². The van der Waals surface area contributed by atoms with Crippen LogP contribution in [0.25, 0.3) is 0 Å². The molecule has 5 heteroatoms. The molecule has 78 valence electrons. The molecule has 1 saturated carbocycles. The van der Waals surface area contributed by atoms with Crippen molar-refractivity contribution in [3.8, 4) is 0 Å². The first-order valence-corrected chi connectivity index (χ1v) is 5.72. The van der Waals surface area contributed by atoms with E-state index in [2.05, 4.69) is 10.2 Å². The lowest BCUT2D eigenvalue weighted by Crippen LogP contribution is -2.37. The zero-order valence-electron chi connectivity index (χ0n) is 8.18. The topological polar surface area (TPSA) is 72.0 Å². The molecule has 1 heterocycles. The van der Waals surface area contributed by atoms with Crippen LogP contribution in [0.4, 0.5) is 0 Å². The van der Waals surface area contributed by atoms with Crippen molar-refractivity contribution in [1.29, 1.82) is 0 Å². The zero-order chi connectivity index (χ0) is 10.1. The standard InChI is InChI=1S/C9H15N3OS/c1-5(13)9-12-11-8(14-9)4-6-2-7(10)3-6/h5-7,13H,2-4,10H2,1H3/t5-,6-,7+/m0/s1. The van der Waals surface area contributed by atoms with Crippen LogP contribution in [0.1, 0.15) is 35.9 Å². The lowest BCUT2D eigenvalue weighted by atomic mass is 9.79. The number of rotatable bonds is 3. The summed E-state index contributed by atoms with van der Waals surface area (Å²) in [5.74, 6) is 0.680. The first-order valence-electron chi connectivity index (χ1n) is 4.91. The summed E-state index contributed by atoms with van der Waals surface area (Å²) in [6.45, 7) is 1.71. The molecule has 1 atom stereocenters. The Morgan fingerprint density at radius 2 is 2.29 bits per heavy atom. The number of aliphatic hydroxyl groups is 1. The molecule has 1 aliphatic rings. The SMILES string of the molecule is C[C@H](O)c1nnc(C[C@H]2C[C@@H](N)C2)s1. The van der Waals surface area contributed by atoms with Gasteiger partial charge < -0.3 is 10.8 Å². The van der Waals surface area contributed by atoms with Gasteiger partial charge in [-0.05, 0) is 25.7 Å². The lowest BCUT2D eigenvalue weighted by Gasteiger charge is -2.31. The van der Waals surface area contributed by atoms with Crippen LogP contribution in [0.2, 0.25) is 0 Å². The minimum atomic E-state index is -0.495. The Hall–Kier alpha value is -0.520. The maximum absolute atomic E-state index is 9.27. The van der Waals surface area contributed by atoms with Crippen LogP contribution in [-0.4, -0.2) is 21.3 Å². The average molecular weight is 213 g/mol. The largest absolute Gasteiger partial charge is 0.386 e. The Bertz CT molecular complexity index is 307. The molecule has 0 radical (unpaired) electrons. The van der Waals surface area contributed by atoms with Crippen LogP contribution in [0.15, 0.2) is 0 Å². The Kier molecular flexibility index (Phi) is 2.80. The molecule has 3 N–H and O–H groups in total. The zero-order valence-corrected chi connectivity index (χ0v) is 9.00. The van der Waals surface area contributed by atoms with E-state index in [4.69, 9.17) is 5.73 Å². The number of aliphatic hydroxyl groups excluding tert-OH is 1. The van der Waals surface area contributed by atoms with Crippen molar-refractivity contribution in [2.24, 2.45) is 11.7 Å². The van der Waals surface area contributed by atoms with Crippen LogP contribution < -0.4 is 5.73 Å². The van der Waals surface area contributed by atoms with Crippen molar-refractivity contribution < 1.29 is 5.11 Å². The minimum absolute atomic E-state index is 0.393. The molecular weight excluding hydrogens is 198 g/mol. The van der Waals surface area contributed by atoms with Gasteiger partial charge >= 0.3 is 0 Å². The molecule has 0 saturated heterocycles. The van der Waals surface area contributed by atoms with Gasteiger partial charge in [-0.3, -0.25) is 0 Å². The van der Waals surface area contributed by atoms with Crippen molar-refractivity contribution in [3.63, 3.8) is 0 Å². The Labute approximate surface area is 87.2 Å². The van der Waals surface area contributed by atoms with Gasteiger partial charge in [-0.2, -0.15) is 0 Å². The first-order chi connectivity index (χ1) is 6.65. The second-order valence-electron chi connectivity index (χ2n) is 4.01. The molecule has 1 fully saturated rings. The van der Waals surface area contributed by atoms with Gasteiger partial charge in [-0.25, -0.2) is 0 Å². The highest BCUT2D eigenvalue weighted by Crippen LogP contribution is 2.30. The number of nitrogens with zero attached hydrogens (tertiary/aromatic N) is 2. The fourth-order valence-corrected chi connectivity index (χ4v) is 2.61. The third-order valence-electron chi connectivity index (χ3n) is 2.58. The Morgan fingerprint density at radius 3 is 2.79 bits per heavy atom. The number of hydrogen-bond acceptors (Lipinski definition) is 5. The molecule has 0 spiro atoms. The molecule has 2 rings (SSSR count). The molecule has 0 unspecified atom stereocenters. The maximum atomic E-state index is 9.27. The van der Waals surface area contributed by atoms with Crippen LogP contribution >= 0.6 is 11.3 Å². The van der Waals surface area contributed by atoms with Gasteiger partial charge in [-0.1, -0.05) is 11.3 Å². The van der Waals surface area contributed by atoms with Crippen molar-refractivity contribution >= 4 is 11.3 Å². The molecule has 14 heavy (non-hydrogen) atoms. The Balaban J connectivity index is 1.90. The summed E-state index contributed by atoms with van der Waals surface area (Å²) in [6, 6.07) is 0.393. The second-order valence-corrected chi connectivity index (χ2v) is 5.11. The van der Waals surface area contributed by atoms with E-state index in [1.807, 2.05) is 0 Å². The smallest absolute Gasteiger partial charge is 0.145 e. The quantitative estimate of drug-likeness (QED) is 0.781. The third kappa shape index (κ3) is 2.10. The molecule has 4 nitrogen and oxygen atoms in total. The van der Waals surface area contributed by atoms with Crippen molar-refractivity contribution in [1.82, 2.24) is 10.2 Å². The number of aromatic nitrogens is 2. The van der Waals surface area contributed by atoms with Gasteiger partial charge in [0.1, 0.15) is 16.1 Å². The highest BCUT2D eigenvalue weighted by atomic mass is 32.1. The molecule has 1 aliphatic carbocycles. The highest BCUT2D eigenvalue weighted by Gasteiger charge is 2.27. The molecule has 0 amide bonds. The lowest BCUT2D eigenvalue weighted by molar-refractivity contribution is 0.198. The third-order valence-corrected chi connectivity index (χ3v) is 3.69. The van der Waals surface area contributed by atoms with Gasteiger partial charge in [0.05, 0.1) is 0 Å². The van der Waals surface area contributed by atoms with Crippen molar-refractivity contribution in [2.75, 3.05) is 0 Å².